The van der Waals surface area contributed by atoms with Crippen molar-refractivity contribution in [1.29, 1.82) is 0 Å². The first-order valence-electron chi connectivity index (χ1n) is 6.17. The Morgan fingerprint density at radius 2 is 2.15 bits per heavy atom. The summed E-state index contributed by atoms with van der Waals surface area (Å²) < 4.78 is 0. The van der Waals surface area contributed by atoms with Gasteiger partial charge >= 0.3 is 0 Å². The fourth-order valence-corrected chi connectivity index (χ4v) is 2.25. The van der Waals surface area contributed by atoms with Crippen LogP contribution in [-0.2, 0) is 4.79 Å². The van der Waals surface area contributed by atoms with Crippen molar-refractivity contribution < 1.29 is 9.59 Å². The summed E-state index contributed by atoms with van der Waals surface area (Å²) in [6.07, 6.45) is 1.84. The molecule has 2 rings (SSSR count). The fourth-order valence-electron chi connectivity index (χ4n) is 2.05. The summed E-state index contributed by atoms with van der Waals surface area (Å²) in [5, 5.41) is 8.78. The molecule has 1 saturated heterocycles. The molecule has 0 saturated carbocycles. The van der Waals surface area contributed by atoms with E-state index in [4.69, 9.17) is 11.6 Å². The summed E-state index contributed by atoms with van der Waals surface area (Å²) in [5.41, 5.74) is 0.919. The Hall–Kier alpha value is -1.30. The van der Waals surface area contributed by atoms with Crippen molar-refractivity contribution in [2.24, 2.45) is 0 Å². The number of hydrogen-bond donors (Lipinski definition) is 3. The number of rotatable bonds is 3. The summed E-state index contributed by atoms with van der Waals surface area (Å²) in [5.74, 6) is -0.359. The molecule has 2 amide bonds. The number of anilines is 1. The monoisotopic (exact) mass is 317 g/mol. The minimum atomic E-state index is -0.278. The maximum atomic E-state index is 11.9. The number of carbonyl (C=O) groups is 2. The van der Waals surface area contributed by atoms with Gasteiger partial charge in [0, 0.05) is 12.7 Å². The molecule has 7 heteroatoms. The second-order valence-corrected chi connectivity index (χ2v) is 4.82. The number of hydrogen-bond acceptors (Lipinski definition) is 3. The molecule has 5 nitrogen and oxygen atoms in total. The van der Waals surface area contributed by atoms with Gasteiger partial charge in [-0.05, 0) is 37.6 Å². The van der Waals surface area contributed by atoms with Crippen molar-refractivity contribution in [2.45, 2.75) is 18.9 Å². The number of amides is 2. The Bertz CT molecular complexity index is 502. The molecule has 1 aromatic carbocycles. The molecule has 0 aromatic heterocycles. The van der Waals surface area contributed by atoms with Crippen LogP contribution in [0.2, 0.25) is 5.02 Å². The first kappa shape index (κ1) is 16.8. The number of carbonyl (C=O) groups excluding carboxylic acids is 2. The molecular weight excluding hydrogens is 301 g/mol. The van der Waals surface area contributed by atoms with Crippen LogP contribution in [-0.4, -0.2) is 31.4 Å². The first-order chi connectivity index (χ1) is 9.11. The van der Waals surface area contributed by atoms with Crippen LogP contribution >= 0.6 is 24.0 Å². The van der Waals surface area contributed by atoms with E-state index in [9.17, 15) is 9.59 Å². The number of nitrogens with one attached hydrogen (secondary N) is 3. The van der Waals surface area contributed by atoms with Gasteiger partial charge < -0.3 is 16.0 Å². The number of benzene rings is 1. The standard InChI is InChI=1S/C13H16ClN3O2.ClH/c1-15-12(18)9-7-8(4-5-10(9)14)17-13(19)11-3-2-6-16-11;/h4-5,7,11,16H,2-3,6H2,1H3,(H,15,18)(H,17,19);1H. The van der Waals surface area contributed by atoms with Crippen LogP contribution in [0.25, 0.3) is 0 Å². The Morgan fingerprint density at radius 1 is 1.40 bits per heavy atom. The van der Waals surface area contributed by atoms with Gasteiger partial charge in [-0.2, -0.15) is 0 Å². The summed E-state index contributed by atoms with van der Waals surface area (Å²) in [6, 6.07) is 4.71. The highest BCUT2D eigenvalue weighted by Crippen LogP contribution is 2.21. The molecule has 1 heterocycles. The molecule has 3 N–H and O–H groups in total. The van der Waals surface area contributed by atoms with Crippen LogP contribution in [0.4, 0.5) is 5.69 Å². The summed E-state index contributed by atoms with van der Waals surface area (Å²) in [4.78, 5) is 23.6. The van der Waals surface area contributed by atoms with Crippen LogP contribution in [0.5, 0.6) is 0 Å². The third-order valence-corrected chi connectivity index (χ3v) is 3.41. The SMILES string of the molecule is CNC(=O)c1cc(NC(=O)C2CCCN2)ccc1Cl.Cl. The maximum absolute atomic E-state index is 11.9. The number of halogens is 2. The second-order valence-electron chi connectivity index (χ2n) is 4.41. The predicted octanol–water partition coefficient (Wildman–Crippen LogP) is 1.81. The Balaban J connectivity index is 0.00000200. The van der Waals surface area contributed by atoms with E-state index in [1.165, 1.54) is 7.05 Å². The van der Waals surface area contributed by atoms with Gasteiger partial charge in [0.1, 0.15) is 0 Å². The minimum Gasteiger partial charge on any atom is -0.355 e. The van der Waals surface area contributed by atoms with E-state index < -0.39 is 0 Å². The molecule has 20 heavy (non-hydrogen) atoms. The highest BCUT2D eigenvalue weighted by atomic mass is 35.5. The molecule has 1 atom stereocenters. The van der Waals surface area contributed by atoms with Gasteiger partial charge in [-0.25, -0.2) is 0 Å². The summed E-state index contributed by atoms with van der Waals surface area (Å²) >= 11 is 5.95. The van der Waals surface area contributed by atoms with Gasteiger partial charge in [0.25, 0.3) is 5.91 Å². The zero-order valence-corrected chi connectivity index (χ0v) is 12.6. The zero-order valence-electron chi connectivity index (χ0n) is 11.0. The Kier molecular flexibility index (Phi) is 6.26. The Labute approximate surface area is 128 Å². The van der Waals surface area contributed by atoms with Gasteiger partial charge in [-0.1, -0.05) is 11.6 Å². The van der Waals surface area contributed by atoms with Gasteiger partial charge in [0.15, 0.2) is 0 Å². The average molecular weight is 318 g/mol. The van der Waals surface area contributed by atoms with E-state index in [0.717, 1.165) is 19.4 Å². The van der Waals surface area contributed by atoms with E-state index in [1.54, 1.807) is 18.2 Å². The van der Waals surface area contributed by atoms with Crippen molar-refractivity contribution in [1.82, 2.24) is 10.6 Å². The molecule has 110 valence electrons. The zero-order chi connectivity index (χ0) is 13.8. The van der Waals surface area contributed by atoms with Gasteiger partial charge in [0.05, 0.1) is 16.6 Å². The van der Waals surface area contributed by atoms with Crippen LogP contribution in [0.1, 0.15) is 23.2 Å². The molecule has 0 bridgehead atoms. The molecule has 1 aromatic rings. The molecule has 0 spiro atoms. The minimum absolute atomic E-state index is 0. The normalized spacial score (nSPS) is 17.2. The lowest BCUT2D eigenvalue weighted by Crippen LogP contribution is -2.35. The predicted molar refractivity (Wildman–Crippen MR) is 81.7 cm³/mol. The Morgan fingerprint density at radius 3 is 2.75 bits per heavy atom. The second kappa shape index (κ2) is 7.47. The molecule has 0 radical (unpaired) electrons. The van der Waals surface area contributed by atoms with E-state index in [-0.39, 0.29) is 30.3 Å². The van der Waals surface area contributed by atoms with Crippen molar-refractivity contribution in [3.8, 4) is 0 Å². The molecular formula is C13H17Cl2N3O2. The average Bonchev–Trinajstić information content (AvgIpc) is 2.94. The first-order valence-corrected chi connectivity index (χ1v) is 6.55. The van der Waals surface area contributed by atoms with Crippen LogP contribution in [0.3, 0.4) is 0 Å². The van der Waals surface area contributed by atoms with Crippen molar-refractivity contribution in [3.63, 3.8) is 0 Å². The molecule has 0 aliphatic carbocycles. The van der Waals surface area contributed by atoms with Gasteiger partial charge in [-0.15, -0.1) is 12.4 Å². The van der Waals surface area contributed by atoms with E-state index in [2.05, 4.69) is 16.0 Å². The molecule has 1 fully saturated rings. The highest BCUT2D eigenvalue weighted by Gasteiger charge is 2.22. The van der Waals surface area contributed by atoms with Crippen LogP contribution < -0.4 is 16.0 Å². The highest BCUT2D eigenvalue weighted by molar-refractivity contribution is 6.34. The summed E-state index contributed by atoms with van der Waals surface area (Å²) in [7, 11) is 1.53. The van der Waals surface area contributed by atoms with Crippen molar-refractivity contribution in [2.75, 3.05) is 18.9 Å². The van der Waals surface area contributed by atoms with E-state index in [0.29, 0.717) is 16.3 Å². The van der Waals surface area contributed by atoms with Crippen molar-refractivity contribution >= 4 is 41.5 Å². The van der Waals surface area contributed by atoms with Gasteiger partial charge in [-0.3, -0.25) is 9.59 Å². The third kappa shape index (κ3) is 3.85. The fraction of sp³-hybridized carbons (Fsp3) is 0.385. The van der Waals surface area contributed by atoms with E-state index in [1.807, 2.05) is 0 Å². The molecule has 1 aliphatic heterocycles. The largest absolute Gasteiger partial charge is 0.355 e. The third-order valence-electron chi connectivity index (χ3n) is 3.08. The van der Waals surface area contributed by atoms with Crippen LogP contribution in [0, 0.1) is 0 Å². The lowest BCUT2D eigenvalue weighted by Gasteiger charge is -2.12. The van der Waals surface area contributed by atoms with Gasteiger partial charge in [0.2, 0.25) is 5.91 Å². The quantitative estimate of drug-likeness (QED) is 0.796. The molecule has 1 unspecified atom stereocenters. The van der Waals surface area contributed by atoms with Crippen LogP contribution in [0.15, 0.2) is 18.2 Å². The van der Waals surface area contributed by atoms with E-state index >= 15 is 0 Å². The lowest BCUT2D eigenvalue weighted by molar-refractivity contribution is -0.117. The topological polar surface area (TPSA) is 70.2 Å². The smallest absolute Gasteiger partial charge is 0.252 e. The lowest BCUT2D eigenvalue weighted by atomic mass is 10.1. The maximum Gasteiger partial charge on any atom is 0.252 e. The van der Waals surface area contributed by atoms with Crippen molar-refractivity contribution in [3.05, 3.63) is 28.8 Å². The summed E-state index contributed by atoms with van der Waals surface area (Å²) in [6.45, 7) is 0.863. The molecule has 1 aliphatic rings.